The van der Waals surface area contributed by atoms with Crippen LogP contribution in [0.5, 0.6) is 0 Å². The lowest BCUT2D eigenvalue weighted by Gasteiger charge is -2.26. The minimum atomic E-state index is -3.06. The molecule has 0 radical (unpaired) electrons. The van der Waals surface area contributed by atoms with Crippen molar-refractivity contribution >= 4 is 15.7 Å². The van der Waals surface area contributed by atoms with Crippen LogP contribution in [0.15, 0.2) is 12.4 Å². The molecule has 1 aromatic rings. The number of hydrogen-bond acceptors (Lipinski definition) is 5. The van der Waals surface area contributed by atoms with Gasteiger partial charge in [0.1, 0.15) is 5.82 Å². The van der Waals surface area contributed by atoms with Crippen LogP contribution in [0.2, 0.25) is 0 Å². The molecule has 1 unspecified atom stereocenters. The maximum atomic E-state index is 12.8. The normalized spacial score (nSPS) is 20.3. The van der Waals surface area contributed by atoms with Crippen molar-refractivity contribution in [3.63, 3.8) is 0 Å². The summed E-state index contributed by atoms with van der Waals surface area (Å²) in [6.07, 6.45) is 2.90. The molecule has 2 heterocycles. The van der Waals surface area contributed by atoms with Crippen LogP contribution in [-0.2, 0) is 21.2 Å². The van der Waals surface area contributed by atoms with E-state index in [9.17, 15) is 22.0 Å². The molecule has 1 saturated heterocycles. The van der Waals surface area contributed by atoms with Crippen LogP contribution in [0, 0.1) is 0 Å². The second-order valence-corrected chi connectivity index (χ2v) is 7.99. The first-order valence-electron chi connectivity index (χ1n) is 7.14. The fourth-order valence-electron chi connectivity index (χ4n) is 2.57. The smallest absolute Gasteiger partial charge is 0.319 e. The Bertz CT molecular complexity index is 662. The summed E-state index contributed by atoms with van der Waals surface area (Å²) in [5.74, 6) is -0.00255. The molecule has 130 valence electrons. The SMILES string of the molecule is CN(CC(=O)N(C)C1CCS(=O)(=O)C1)Cc1nccn1C(F)F. The Morgan fingerprint density at radius 2 is 2.17 bits per heavy atom. The monoisotopic (exact) mass is 350 g/mol. The fourth-order valence-corrected chi connectivity index (χ4v) is 4.34. The highest BCUT2D eigenvalue weighted by molar-refractivity contribution is 7.91. The lowest BCUT2D eigenvalue weighted by atomic mass is 10.2. The summed E-state index contributed by atoms with van der Waals surface area (Å²) in [5.41, 5.74) is 0. The van der Waals surface area contributed by atoms with Crippen LogP contribution in [-0.4, -0.2) is 71.9 Å². The summed E-state index contributed by atoms with van der Waals surface area (Å²) in [4.78, 5) is 19.1. The molecule has 0 spiro atoms. The van der Waals surface area contributed by atoms with Gasteiger partial charge in [-0.2, -0.15) is 8.78 Å². The number of rotatable bonds is 6. The molecule has 0 bridgehead atoms. The highest BCUT2D eigenvalue weighted by Crippen LogP contribution is 2.17. The van der Waals surface area contributed by atoms with Gasteiger partial charge in [-0.05, 0) is 13.5 Å². The van der Waals surface area contributed by atoms with E-state index in [0.717, 1.165) is 4.57 Å². The molecular formula is C13H20F2N4O3S. The Labute approximate surface area is 133 Å². The van der Waals surface area contributed by atoms with Crippen molar-refractivity contribution in [2.75, 3.05) is 32.1 Å². The lowest BCUT2D eigenvalue weighted by Crippen LogP contribution is -2.43. The van der Waals surface area contributed by atoms with Crippen molar-refractivity contribution in [2.24, 2.45) is 0 Å². The fraction of sp³-hybridized carbons (Fsp3) is 0.692. The number of alkyl halides is 2. The van der Waals surface area contributed by atoms with Crippen LogP contribution >= 0.6 is 0 Å². The zero-order valence-corrected chi connectivity index (χ0v) is 13.8. The van der Waals surface area contributed by atoms with Crippen LogP contribution in [0.3, 0.4) is 0 Å². The second kappa shape index (κ2) is 6.91. The Kier molecular flexibility index (Phi) is 5.35. The summed E-state index contributed by atoms with van der Waals surface area (Å²) < 4.78 is 49.2. The molecule has 1 aliphatic rings. The third-order valence-corrected chi connectivity index (χ3v) is 5.68. The number of nitrogens with zero attached hydrogens (tertiary/aromatic N) is 4. The third kappa shape index (κ3) is 4.47. The summed E-state index contributed by atoms with van der Waals surface area (Å²) >= 11 is 0. The number of carbonyl (C=O) groups excluding carboxylic acids is 1. The van der Waals surface area contributed by atoms with E-state index >= 15 is 0 Å². The van der Waals surface area contributed by atoms with Gasteiger partial charge in [0, 0.05) is 25.5 Å². The van der Waals surface area contributed by atoms with Crippen LogP contribution in [0.4, 0.5) is 8.78 Å². The van der Waals surface area contributed by atoms with Gasteiger partial charge in [0.15, 0.2) is 9.84 Å². The molecule has 0 saturated carbocycles. The zero-order chi connectivity index (χ0) is 17.2. The van der Waals surface area contributed by atoms with Crippen molar-refractivity contribution in [3.05, 3.63) is 18.2 Å². The molecule has 1 atom stereocenters. The molecule has 0 aliphatic carbocycles. The number of sulfone groups is 1. The first-order chi connectivity index (χ1) is 10.7. The minimum absolute atomic E-state index is 0.00312. The number of hydrogen-bond donors (Lipinski definition) is 0. The van der Waals surface area contributed by atoms with Crippen molar-refractivity contribution in [3.8, 4) is 0 Å². The standard InChI is InChI=1S/C13H20F2N4O3S/c1-17(7-11-16-4-5-19(11)13(14)15)8-12(20)18(2)10-3-6-23(21,22)9-10/h4-5,10,13H,3,6-9H2,1-2H3. The average Bonchev–Trinajstić information content (AvgIpc) is 3.04. The van der Waals surface area contributed by atoms with E-state index in [0.29, 0.717) is 6.42 Å². The molecule has 1 aliphatic heterocycles. The summed E-state index contributed by atoms with van der Waals surface area (Å²) in [7, 11) is 0.135. The van der Waals surface area contributed by atoms with Crippen molar-refractivity contribution in [2.45, 2.75) is 25.6 Å². The van der Waals surface area contributed by atoms with E-state index in [1.54, 1.807) is 19.0 Å². The molecule has 0 N–H and O–H groups in total. The van der Waals surface area contributed by atoms with Crippen LogP contribution < -0.4 is 0 Å². The van der Waals surface area contributed by atoms with Gasteiger partial charge in [-0.3, -0.25) is 14.3 Å². The largest absolute Gasteiger partial charge is 0.341 e. The minimum Gasteiger partial charge on any atom is -0.341 e. The average molecular weight is 350 g/mol. The quantitative estimate of drug-likeness (QED) is 0.740. The zero-order valence-electron chi connectivity index (χ0n) is 13.0. The molecule has 2 rings (SSSR count). The number of halogens is 2. The maximum Gasteiger partial charge on any atom is 0.319 e. The van der Waals surface area contributed by atoms with E-state index in [1.165, 1.54) is 17.3 Å². The van der Waals surface area contributed by atoms with Gasteiger partial charge in [0.25, 0.3) is 0 Å². The first kappa shape index (κ1) is 17.8. The van der Waals surface area contributed by atoms with Gasteiger partial charge in [-0.15, -0.1) is 0 Å². The summed E-state index contributed by atoms with van der Waals surface area (Å²) in [6, 6.07) is -0.316. The number of imidazole rings is 1. The van der Waals surface area contributed by atoms with Crippen LogP contribution in [0.25, 0.3) is 0 Å². The topological polar surface area (TPSA) is 75.5 Å². The maximum absolute atomic E-state index is 12.8. The first-order valence-corrected chi connectivity index (χ1v) is 8.96. The Morgan fingerprint density at radius 3 is 2.74 bits per heavy atom. The molecule has 1 aromatic heterocycles. The number of carbonyl (C=O) groups is 1. The Hall–Kier alpha value is -1.55. The van der Waals surface area contributed by atoms with Gasteiger partial charge in [0.2, 0.25) is 5.91 Å². The van der Waals surface area contributed by atoms with Crippen molar-refractivity contribution in [1.29, 1.82) is 0 Å². The Morgan fingerprint density at radius 1 is 1.48 bits per heavy atom. The second-order valence-electron chi connectivity index (χ2n) is 5.76. The van der Waals surface area contributed by atoms with E-state index in [2.05, 4.69) is 4.98 Å². The highest BCUT2D eigenvalue weighted by Gasteiger charge is 2.32. The van der Waals surface area contributed by atoms with E-state index in [1.807, 2.05) is 0 Å². The third-order valence-electron chi connectivity index (χ3n) is 3.93. The molecule has 10 heteroatoms. The van der Waals surface area contributed by atoms with Gasteiger partial charge < -0.3 is 4.90 Å². The number of aromatic nitrogens is 2. The number of likely N-dealkylation sites (N-methyl/N-ethyl adjacent to an activating group) is 2. The molecule has 1 fully saturated rings. The molecule has 23 heavy (non-hydrogen) atoms. The lowest BCUT2D eigenvalue weighted by molar-refractivity contribution is -0.132. The van der Waals surface area contributed by atoms with Gasteiger partial charge in [-0.25, -0.2) is 13.4 Å². The Balaban J connectivity index is 1.90. The van der Waals surface area contributed by atoms with Crippen molar-refractivity contribution in [1.82, 2.24) is 19.4 Å². The van der Waals surface area contributed by atoms with E-state index < -0.39 is 16.4 Å². The molecule has 1 amide bonds. The van der Waals surface area contributed by atoms with Crippen LogP contribution in [0.1, 0.15) is 18.8 Å². The molecular weight excluding hydrogens is 330 g/mol. The molecule has 0 aromatic carbocycles. The van der Waals surface area contributed by atoms with Gasteiger partial charge >= 0.3 is 6.55 Å². The van der Waals surface area contributed by atoms with Crippen molar-refractivity contribution < 1.29 is 22.0 Å². The van der Waals surface area contributed by atoms with Gasteiger partial charge in [0.05, 0.1) is 24.6 Å². The summed E-state index contributed by atoms with van der Waals surface area (Å²) in [6.45, 7) is -2.58. The summed E-state index contributed by atoms with van der Waals surface area (Å²) in [5, 5.41) is 0. The molecule has 7 nitrogen and oxygen atoms in total. The van der Waals surface area contributed by atoms with E-state index in [-0.39, 0.29) is 42.4 Å². The predicted molar refractivity (Wildman–Crippen MR) is 79.6 cm³/mol. The van der Waals surface area contributed by atoms with Gasteiger partial charge in [-0.1, -0.05) is 0 Å². The number of amides is 1. The predicted octanol–water partition coefficient (Wildman–Crippen LogP) is 0.355. The van der Waals surface area contributed by atoms with E-state index in [4.69, 9.17) is 0 Å². The highest BCUT2D eigenvalue weighted by atomic mass is 32.2.